The second-order valence-electron chi connectivity index (χ2n) is 6.71. The quantitative estimate of drug-likeness (QED) is 0.512. The standard InChI is InChI=1S/C24H19NO5/c26-19-11-18(29-15-23(28)25-14-16-7-3-1-4-8-16)12-22-24(19)20(27)13-21(30-22)17-9-5-2-6-10-17/h1-13,26H,14-15H2,(H,25,28). The molecule has 0 radical (unpaired) electrons. The van der Waals surface area contributed by atoms with Crippen molar-refractivity contribution in [2.45, 2.75) is 6.54 Å². The van der Waals surface area contributed by atoms with Gasteiger partial charge >= 0.3 is 0 Å². The van der Waals surface area contributed by atoms with Gasteiger partial charge in [0.15, 0.2) is 12.0 Å². The summed E-state index contributed by atoms with van der Waals surface area (Å²) in [5, 5.41) is 13.1. The van der Waals surface area contributed by atoms with Gasteiger partial charge in [-0.2, -0.15) is 0 Å². The highest BCUT2D eigenvalue weighted by Crippen LogP contribution is 2.31. The highest BCUT2D eigenvalue weighted by atomic mass is 16.5. The van der Waals surface area contributed by atoms with Gasteiger partial charge in [-0.25, -0.2) is 0 Å². The number of amides is 1. The first-order valence-corrected chi connectivity index (χ1v) is 9.40. The van der Waals surface area contributed by atoms with Gasteiger partial charge in [0.2, 0.25) is 0 Å². The molecule has 0 aliphatic carbocycles. The molecule has 150 valence electrons. The lowest BCUT2D eigenvalue weighted by atomic mass is 10.1. The summed E-state index contributed by atoms with van der Waals surface area (Å²) in [6.45, 7) is 0.154. The number of rotatable bonds is 6. The summed E-state index contributed by atoms with van der Waals surface area (Å²) in [5.74, 6) is 0.0342. The third-order valence-corrected chi connectivity index (χ3v) is 4.54. The number of fused-ring (bicyclic) bond motifs is 1. The summed E-state index contributed by atoms with van der Waals surface area (Å²) in [4.78, 5) is 24.5. The molecular formula is C24H19NO5. The van der Waals surface area contributed by atoms with Gasteiger partial charge in [0.25, 0.3) is 5.91 Å². The maximum atomic E-state index is 12.5. The van der Waals surface area contributed by atoms with Gasteiger partial charge < -0.3 is 19.6 Å². The molecule has 1 heterocycles. The molecule has 0 saturated carbocycles. The van der Waals surface area contributed by atoms with Gasteiger partial charge in [0.05, 0.1) is 0 Å². The molecule has 4 aromatic rings. The van der Waals surface area contributed by atoms with Crippen molar-refractivity contribution in [3.05, 3.63) is 94.6 Å². The molecule has 30 heavy (non-hydrogen) atoms. The molecule has 2 N–H and O–H groups in total. The summed E-state index contributed by atoms with van der Waals surface area (Å²) < 4.78 is 11.3. The molecule has 0 aliphatic heterocycles. The van der Waals surface area contributed by atoms with Gasteiger partial charge in [-0.05, 0) is 5.56 Å². The number of hydrogen-bond donors (Lipinski definition) is 2. The SMILES string of the molecule is O=C(COc1cc(O)c2c(=O)cc(-c3ccccc3)oc2c1)NCc1ccccc1. The van der Waals surface area contributed by atoms with Crippen LogP contribution in [-0.4, -0.2) is 17.6 Å². The molecule has 1 amide bonds. The van der Waals surface area contributed by atoms with Crippen LogP contribution in [0.3, 0.4) is 0 Å². The number of hydrogen-bond acceptors (Lipinski definition) is 5. The lowest BCUT2D eigenvalue weighted by Gasteiger charge is -2.10. The van der Waals surface area contributed by atoms with E-state index in [4.69, 9.17) is 9.15 Å². The monoisotopic (exact) mass is 401 g/mol. The fourth-order valence-corrected chi connectivity index (χ4v) is 3.07. The fraction of sp³-hybridized carbons (Fsp3) is 0.0833. The van der Waals surface area contributed by atoms with E-state index in [1.807, 2.05) is 60.7 Å². The highest BCUT2D eigenvalue weighted by Gasteiger charge is 2.13. The second-order valence-corrected chi connectivity index (χ2v) is 6.71. The predicted octanol–water partition coefficient (Wildman–Crippen LogP) is 3.86. The Morgan fingerprint density at radius 2 is 1.67 bits per heavy atom. The van der Waals surface area contributed by atoms with Gasteiger partial charge in [-0.15, -0.1) is 0 Å². The first-order chi connectivity index (χ1) is 14.6. The molecule has 0 unspecified atom stereocenters. The molecule has 1 aromatic heterocycles. The highest BCUT2D eigenvalue weighted by molar-refractivity contribution is 5.86. The Hall–Kier alpha value is -4.06. The summed E-state index contributed by atoms with van der Waals surface area (Å²) >= 11 is 0. The zero-order valence-electron chi connectivity index (χ0n) is 16.0. The molecule has 4 rings (SSSR count). The smallest absolute Gasteiger partial charge is 0.258 e. The van der Waals surface area contributed by atoms with Crippen molar-refractivity contribution in [3.8, 4) is 22.8 Å². The molecule has 3 aromatic carbocycles. The van der Waals surface area contributed by atoms with Crippen molar-refractivity contribution in [3.63, 3.8) is 0 Å². The molecule has 0 aliphatic rings. The Morgan fingerprint density at radius 1 is 0.967 bits per heavy atom. The number of phenolic OH excluding ortho intramolecular Hbond substituents is 1. The number of phenols is 1. The van der Waals surface area contributed by atoms with Crippen LogP contribution in [-0.2, 0) is 11.3 Å². The van der Waals surface area contributed by atoms with E-state index in [1.165, 1.54) is 18.2 Å². The molecule has 0 fully saturated rings. The lowest BCUT2D eigenvalue weighted by molar-refractivity contribution is -0.123. The number of aromatic hydroxyl groups is 1. The first kappa shape index (κ1) is 19.3. The van der Waals surface area contributed by atoms with E-state index in [2.05, 4.69) is 5.32 Å². The van der Waals surface area contributed by atoms with E-state index in [-0.39, 0.29) is 40.4 Å². The minimum absolute atomic E-state index is 0.0653. The summed E-state index contributed by atoms with van der Waals surface area (Å²) in [5.41, 5.74) is 1.54. The largest absolute Gasteiger partial charge is 0.507 e. The number of ether oxygens (including phenoxy) is 1. The van der Waals surface area contributed by atoms with E-state index in [0.29, 0.717) is 12.3 Å². The lowest BCUT2D eigenvalue weighted by Crippen LogP contribution is -2.28. The van der Waals surface area contributed by atoms with Crippen LogP contribution in [0.15, 0.2) is 88.1 Å². The zero-order chi connectivity index (χ0) is 20.9. The van der Waals surface area contributed by atoms with Crippen LogP contribution >= 0.6 is 0 Å². The minimum atomic E-state index is -0.361. The van der Waals surface area contributed by atoms with Crippen LogP contribution in [0.5, 0.6) is 11.5 Å². The molecule has 0 saturated heterocycles. The topological polar surface area (TPSA) is 88.8 Å². The summed E-state index contributed by atoms with van der Waals surface area (Å²) in [7, 11) is 0. The van der Waals surface area contributed by atoms with Crippen LogP contribution in [0.4, 0.5) is 0 Å². The summed E-state index contributed by atoms with van der Waals surface area (Å²) in [6, 6.07) is 22.8. The Bertz CT molecular complexity index is 1230. The average molecular weight is 401 g/mol. The van der Waals surface area contributed by atoms with Gasteiger partial charge in [-0.1, -0.05) is 60.7 Å². The van der Waals surface area contributed by atoms with Crippen LogP contribution < -0.4 is 15.5 Å². The third kappa shape index (κ3) is 4.33. The first-order valence-electron chi connectivity index (χ1n) is 9.40. The Morgan fingerprint density at radius 3 is 2.40 bits per heavy atom. The van der Waals surface area contributed by atoms with E-state index in [0.717, 1.165) is 11.1 Å². The van der Waals surface area contributed by atoms with Crippen molar-refractivity contribution in [2.75, 3.05) is 6.61 Å². The second kappa shape index (κ2) is 8.53. The van der Waals surface area contributed by atoms with Crippen molar-refractivity contribution in [2.24, 2.45) is 0 Å². The Kier molecular flexibility index (Phi) is 5.48. The molecule has 0 spiro atoms. The van der Waals surface area contributed by atoms with E-state index < -0.39 is 0 Å². The number of carbonyl (C=O) groups is 1. The molecule has 0 atom stereocenters. The van der Waals surface area contributed by atoms with Crippen molar-refractivity contribution in [1.29, 1.82) is 0 Å². The van der Waals surface area contributed by atoms with Crippen LogP contribution in [0, 0.1) is 0 Å². The number of benzene rings is 3. The van der Waals surface area contributed by atoms with E-state index >= 15 is 0 Å². The maximum absolute atomic E-state index is 12.5. The molecular weight excluding hydrogens is 382 g/mol. The van der Waals surface area contributed by atoms with Gasteiger partial charge in [0, 0.05) is 30.3 Å². The molecule has 6 nitrogen and oxygen atoms in total. The van der Waals surface area contributed by atoms with Gasteiger partial charge in [0.1, 0.15) is 28.2 Å². The fourth-order valence-electron chi connectivity index (χ4n) is 3.07. The van der Waals surface area contributed by atoms with Crippen LogP contribution in [0.2, 0.25) is 0 Å². The maximum Gasteiger partial charge on any atom is 0.258 e. The predicted molar refractivity (Wildman–Crippen MR) is 113 cm³/mol. The third-order valence-electron chi connectivity index (χ3n) is 4.54. The van der Waals surface area contributed by atoms with E-state index in [1.54, 1.807) is 0 Å². The molecule has 6 heteroatoms. The normalized spacial score (nSPS) is 10.7. The number of carbonyl (C=O) groups excluding carboxylic acids is 1. The Balaban J connectivity index is 1.51. The average Bonchev–Trinajstić information content (AvgIpc) is 2.77. The van der Waals surface area contributed by atoms with Crippen LogP contribution in [0.25, 0.3) is 22.3 Å². The van der Waals surface area contributed by atoms with Crippen molar-refractivity contribution < 1.29 is 19.1 Å². The summed E-state index contributed by atoms with van der Waals surface area (Å²) in [6.07, 6.45) is 0. The van der Waals surface area contributed by atoms with Crippen LogP contribution in [0.1, 0.15) is 5.56 Å². The molecule has 0 bridgehead atoms. The minimum Gasteiger partial charge on any atom is -0.507 e. The zero-order valence-corrected chi connectivity index (χ0v) is 16.0. The number of nitrogens with one attached hydrogen (secondary N) is 1. The Labute approximate surface area is 172 Å². The van der Waals surface area contributed by atoms with E-state index in [9.17, 15) is 14.7 Å². The van der Waals surface area contributed by atoms with Gasteiger partial charge in [-0.3, -0.25) is 9.59 Å². The van der Waals surface area contributed by atoms with Crippen molar-refractivity contribution >= 4 is 16.9 Å². The van der Waals surface area contributed by atoms with Crippen molar-refractivity contribution in [1.82, 2.24) is 5.32 Å².